The zero-order valence-corrected chi connectivity index (χ0v) is 18.9. The van der Waals surface area contributed by atoms with E-state index in [0.29, 0.717) is 12.4 Å². The molecule has 1 aromatic rings. The van der Waals surface area contributed by atoms with Crippen molar-refractivity contribution in [2.75, 3.05) is 6.61 Å². The molecular weight excluding hydrogens is 372 g/mol. The Balaban J connectivity index is 0.00000141. The van der Waals surface area contributed by atoms with Crippen LogP contribution in [0.4, 0.5) is 0 Å². The normalized spacial score (nSPS) is 19.1. The fourth-order valence-electron chi connectivity index (χ4n) is 3.10. The summed E-state index contributed by atoms with van der Waals surface area (Å²) in [6.07, 6.45) is 14.9. The van der Waals surface area contributed by atoms with Gasteiger partial charge in [-0.15, -0.1) is 0 Å². The lowest BCUT2D eigenvalue weighted by Gasteiger charge is -2.30. The third-order valence-electron chi connectivity index (χ3n) is 4.41. The molecule has 1 unspecified atom stereocenters. The summed E-state index contributed by atoms with van der Waals surface area (Å²) >= 11 is 0. The number of hydrogen-bond acceptors (Lipinski definition) is 3. The number of benzene rings is 1. The largest absolute Gasteiger partial charge is 0.516 e. The molecule has 0 saturated carbocycles. The molecule has 1 heterocycles. The van der Waals surface area contributed by atoms with Gasteiger partial charge in [-0.25, -0.2) is 0 Å². The maximum absolute atomic E-state index is 9.00. The van der Waals surface area contributed by atoms with Gasteiger partial charge in [0, 0.05) is 6.61 Å². The first-order valence-electron chi connectivity index (χ1n) is 10.5. The Morgan fingerprint density at radius 3 is 2.23 bits per heavy atom. The van der Waals surface area contributed by atoms with Crippen molar-refractivity contribution in [3.63, 3.8) is 0 Å². The minimum atomic E-state index is -0.543. The Bertz CT molecular complexity index is 782. The Morgan fingerprint density at radius 1 is 1.10 bits per heavy atom. The first-order chi connectivity index (χ1) is 14.5. The predicted octanol–water partition coefficient (Wildman–Crippen LogP) is 7.71. The van der Waals surface area contributed by atoms with Gasteiger partial charge >= 0.3 is 0 Å². The van der Waals surface area contributed by atoms with Gasteiger partial charge in [0.05, 0.1) is 6.26 Å². The maximum atomic E-state index is 9.00. The van der Waals surface area contributed by atoms with E-state index in [1.165, 1.54) is 12.0 Å². The third kappa shape index (κ3) is 7.23. The van der Waals surface area contributed by atoms with Crippen molar-refractivity contribution < 1.29 is 14.6 Å². The number of aliphatic hydroxyl groups is 1. The van der Waals surface area contributed by atoms with Gasteiger partial charge in [-0.3, -0.25) is 0 Å². The standard InChI is InChI=1S/C24H28O3.C3H8/c1-5-20(9-7-17-25)24(16-8-18-26-24)21-11-14-23(15-12-21)27-22(6-2)13-10-19(3)4;1-3-2/h5-7,9-15,17,25H,1-2,8,16,18H2,3-4H3;3H2,1-2H3/b17-7+,20-9+,22-13+;. The van der Waals surface area contributed by atoms with Crippen LogP contribution in [0.1, 0.15) is 52.5 Å². The van der Waals surface area contributed by atoms with Gasteiger partial charge in [0.2, 0.25) is 0 Å². The van der Waals surface area contributed by atoms with Gasteiger partial charge in [0.1, 0.15) is 17.1 Å². The Kier molecular flexibility index (Phi) is 11.3. The van der Waals surface area contributed by atoms with Crippen LogP contribution in [-0.2, 0) is 10.3 Å². The van der Waals surface area contributed by atoms with Crippen LogP contribution >= 0.6 is 0 Å². The minimum absolute atomic E-state index is 0.543. The van der Waals surface area contributed by atoms with Crippen LogP contribution in [-0.4, -0.2) is 11.7 Å². The quantitative estimate of drug-likeness (QED) is 0.354. The van der Waals surface area contributed by atoms with Gasteiger partial charge in [-0.2, -0.15) is 0 Å². The number of rotatable bonds is 8. The highest BCUT2D eigenvalue weighted by Gasteiger charge is 2.39. The zero-order valence-electron chi connectivity index (χ0n) is 18.9. The van der Waals surface area contributed by atoms with Crippen LogP contribution in [0.5, 0.6) is 5.75 Å². The second-order valence-electron chi connectivity index (χ2n) is 7.30. The van der Waals surface area contributed by atoms with Crippen molar-refractivity contribution in [1.82, 2.24) is 0 Å². The summed E-state index contributed by atoms with van der Waals surface area (Å²) in [4.78, 5) is 0. The Morgan fingerprint density at radius 2 is 1.77 bits per heavy atom. The van der Waals surface area contributed by atoms with Gasteiger partial charge < -0.3 is 14.6 Å². The lowest BCUT2D eigenvalue weighted by molar-refractivity contribution is 0.0354. The monoisotopic (exact) mass is 408 g/mol. The van der Waals surface area contributed by atoms with Crippen LogP contribution in [0, 0.1) is 0 Å². The fraction of sp³-hybridized carbons (Fsp3) is 0.333. The first-order valence-corrected chi connectivity index (χ1v) is 10.5. The van der Waals surface area contributed by atoms with E-state index in [4.69, 9.17) is 14.6 Å². The van der Waals surface area contributed by atoms with Crippen molar-refractivity contribution in [2.45, 2.75) is 52.6 Å². The number of allylic oxidation sites excluding steroid dienone is 6. The molecule has 1 aliphatic rings. The minimum Gasteiger partial charge on any atom is -0.516 e. The summed E-state index contributed by atoms with van der Waals surface area (Å²) in [6.45, 7) is 16.7. The molecule has 1 aromatic carbocycles. The molecule has 162 valence electrons. The number of aliphatic hydroxyl groups excluding tert-OH is 1. The van der Waals surface area contributed by atoms with E-state index in [0.717, 1.165) is 36.0 Å². The van der Waals surface area contributed by atoms with Gasteiger partial charge in [-0.05, 0) is 68.2 Å². The lowest BCUT2D eigenvalue weighted by Crippen LogP contribution is -2.26. The summed E-state index contributed by atoms with van der Waals surface area (Å²) in [5.74, 6) is 1.43. The lowest BCUT2D eigenvalue weighted by atomic mass is 9.83. The smallest absolute Gasteiger partial charge is 0.127 e. The van der Waals surface area contributed by atoms with Crippen LogP contribution < -0.4 is 4.74 Å². The molecule has 0 bridgehead atoms. The van der Waals surface area contributed by atoms with Crippen LogP contribution in [0.2, 0.25) is 0 Å². The molecule has 0 aliphatic carbocycles. The molecule has 0 radical (unpaired) electrons. The van der Waals surface area contributed by atoms with E-state index in [1.807, 2.05) is 56.3 Å². The second-order valence-corrected chi connectivity index (χ2v) is 7.30. The Labute approximate surface area is 182 Å². The van der Waals surface area contributed by atoms with Gasteiger partial charge in [0.15, 0.2) is 0 Å². The second kappa shape index (κ2) is 13.4. The molecule has 1 aliphatic heterocycles. The van der Waals surface area contributed by atoms with Crippen molar-refractivity contribution in [1.29, 1.82) is 0 Å². The Hall–Kier alpha value is -2.78. The van der Waals surface area contributed by atoms with E-state index in [1.54, 1.807) is 18.2 Å². The molecule has 1 atom stereocenters. The van der Waals surface area contributed by atoms with E-state index >= 15 is 0 Å². The molecule has 1 saturated heterocycles. The van der Waals surface area contributed by atoms with E-state index in [2.05, 4.69) is 27.0 Å². The molecule has 1 N–H and O–H groups in total. The third-order valence-corrected chi connectivity index (χ3v) is 4.41. The molecule has 3 heteroatoms. The van der Waals surface area contributed by atoms with Crippen molar-refractivity contribution in [3.8, 4) is 5.75 Å². The SMILES string of the molecule is C=C/C(=C\C=C(C)C)Oc1ccc(C2(/C(C=C)=C/C=C/O)CCCO2)cc1.CCC. The van der Waals surface area contributed by atoms with Crippen LogP contribution in [0.25, 0.3) is 0 Å². The van der Waals surface area contributed by atoms with Crippen molar-refractivity contribution >= 4 is 0 Å². The fourth-order valence-corrected chi connectivity index (χ4v) is 3.10. The molecule has 1 fully saturated rings. The van der Waals surface area contributed by atoms with Crippen LogP contribution in [0.3, 0.4) is 0 Å². The highest BCUT2D eigenvalue weighted by Crippen LogP contribution is 2.43. The number of ether oxygens (including phenoxy) is 2. The predicted molar refractivity (Wildman–Crippen MR) is 128 cm³/mol. The highest BCUT2D eigenvalue weighted by molar-refractivity contribution is 5.43. The summed E-state index contributed by atoms with van der Waals surface area (Å²) in [5.41, 5.74) is 2.61. The number of hydrogen-bond donors (Lipinski definition) is 1. The molecule has 0 aromatic heterocycles. The first kappa shape index (κ1) is 25.3. The molecule has 3 nitrogen and oxygen atoms in total. The average Bonchev–Trinajstić information content (AvgIpc) is 3.23. The molecule has 2 rings (SSSR count). The zero-order chi connectivity index (χ0) is 22.4. The molecular formula is C27H36O3. The molecule has 0 amide bonds. The van der Waals surface area contributed by atoms with E-state index < -0.39 is 5.60 Å². The van der Waals surface area contributed by atoms with Gasteiger partial charge in [-0.1, -0.05) is 69.4 Å². The molecule has 0 spiro atoms. The van der Waals surface area contributed by atoms with E-state index in [-0.39, 0.29) is 0 Å². The average molecular weight is 409 g/mol. The summed E-state index contributed by atoms with van der Waals surface area (Å²) in [7, 11) is 0. The summed E-state index contributed by atoms with van der Waals surface area (Å²) in [6, 6.07) is 7.90. The molecule has 30 heavy (non-hydrogen) atoms. The van der Waals surface area contributed by atoms with Crippen molar-refractivity contribution in [3.05, 3.63) is 103 Å². The highest BCUT2D eigenvalue weighted by atomic mass is 16.5. The topological polar surface area (TPSA) is 38.7 Å². The summed E-state index contributed by atoms with van der Waals surface area (Å²) < 4.78 is 12.0. The van der Waals surface area contributed by atoms with Crippen molar-refractivity contribution in [2.24, 2.45) is 0 Å². The van der Waals surface area contributed by atoms with Crippen LogP contribution in [0.15, 0.2) is 97.0 Å². The van der Waals surface area contributed by atoms with Gasteiger partial charge in [0.25, 0.3) is 0 Å². The summed E-state index contributed by atoms with van der Waals surface area (Å²) in [5, 5.41) is 9.00. The van der Waals surface area contributed by atoms with E-state index in [9.17, 15) is 0 Å². The maximum Gasteiger partial charge on any atom is 0.127 e.